The van der Waals surface area contributed by atoms with Crippen LogP contribution in [0.15, 0.2) is 6.20 Å². The van der Waals surface area contributed by atoms with Gasteiger partial charge in [0.15, 0.2) is 0 Å². The van der Waals surface area contributed by atoms with Gasteiger partial charge in [-0.15, -0.1) is 0 Å². The molecule has 98 valence electrons. The predicted octanol–water partition coefficient (Wildman–Crippen LogP) is 1.95. The molecule has 1 rings (SSSR count). The molecule has 0 aliphatic rings. The molecule has 0 saturated carbocycles. The number of nitro groups is 1. The highest BCUT2D eigenvalue weighted by Gasteiger charge is 2.27. The number of aromatic nitrogens is 1. The number of hydrogen-bond donors (Lipinski definition) is 0. The van der Waals surface area contributed by atoms with E-state index >= 15 is 0 Å². The first-order valence-corrected chi connectivity index (χ1v) is 4.86. The Morgan fingerprint density at radius 2 is 2.22 bits per heavy atom. The number of ether oxygens (including phenoxy) is 1. The van der Waals surface area contributed by atoms with Crippen LogP contribution < -0.4 is 0 Å². The zero-order valence-corrected chi connectivity index (χ0v) is 9.65. The number of halogens is 2. The van der Waals surface area contributed by atoms with Crippen LogP contribution in [0.4, 0.5) is 14.5 Å². The van der Waals surface area contributed by atoms with Crippen LogP contribution in [0.1, 0.15) is 23.2 Å². The molecule has 0 aliphatic carbocycles. The van der Waals surface area contributed by atoms with Crippen LogP contribution in [0.3, 0.4) is 0 Å². The summed E-state index contributed by atoms with van der Waals surface area (Å²) in [4.78, 5) is 24.7. The molecule has 0 atom stereocenters. The Labute approximate surface area is 101 Å². The van der Waals surface area contributed by atoms with Crippen LogP contribution in [0.5, 0.6) is 0 Å². The Morgan fingerprint density at radius 1 is 1.61 bits per heavy atom. The second-order valence-corrected chi connectivity index (χ2v) is 3.44. The number of rotatable bonds is 4. The normalized spacial score (nSPS) is 10.5. The molecule has 1 heterocycles. The number of hydrogen-bond acceptors (Lipinski definition) is 5. The van der Waals surface area contributed by atoms with E-state index in [0.29, 0.717) is 0 Å². The molecule has 8 heteroatoms. The lowest BCUT2D eigenvalue weighted by Crippen LogP contribution is -2.11. The van der Waals surface area contributed by atoms with Crippen molar-refractivity contribution in [2.24, 2.45) is 0 Å². The summed E-state index contributed by atoms with van der Waals surface area (Å²) in [5.74, 6) is -0.828. The molecule has 1 aromatic heterocycles. The van der Waals surface area contributed by atoms with Crippen molar-refractivity contribution in [3.8, 4) is 0 Å². The summed E-state index contributed by atoms with van der Waals surface area (Å²) in [6.45, 7) is 1.31. The fraction of sp³-hybridized carbons (Fsp3) is 0.400. The van der Waals surface area contributed by atoms with Gasteiger partial charge >= 0.3 is 5.97 Å². The lowest BCUT2D eigenvalue weighted by molar-refractivity contribution is -0.386. The first-order chi connectivity index (χ1) is 8.38. The third kappa shape index (κ3) is 2.76. The van der Waals surface area contributed by atoms with Crippen molar-refractivity contribution in [3.63, 3.8) is 0 Å². The minimum absolute atomic E-state index is 0.0247. The molecule has 18 heavy (non-hydrogen) atoms. The van der Waals surface area contributed by atoms with Gasteiger partial charge in [-0.3, -0.25) is 19.9 Å². The van der Waals surface area contributed by atoms with Crippen molar-refractivity contribution in [2.75, 3.05) is 7.11 Å². The Morgan fingerprint density at radius 3 is 2.67 bits per heavy atom. The van der Waals surface area contributed by atoms with Gasteiger partial charge in [0.05, 0.1) is 24.0 Å². The lowest BCUT2D eigenvalue weighted by atomic mass is 10.0. The average Bonchev–Trinajstić information content (AvgIpc) is 2.27. The van der Waals surface area contributed by atoms with Crippen LogP contribution >= 0.6 is 0 Å². The molecular weight excluding hydrogens is 250 g/mol. The van der Waals surface area contributed by atoms with E-state index in [1.54, 1.807) is 0 Å². The second-order valence-electron chi connectivity index (χ2n) is 3.44. The molecule has 6 nitrogen and oxygen atoms in total. The van der Waals surface area contributed by atoms with E-state index in [0.717, 1.165) is 13.3 Å². The highest BCUT2D eigenvalue weighted by molar-refractivity contribution is 5.75. The number of esters is 1. The molecule has 0 aliphatic heterocycles. The van der Waals surface area contributed by atoms with Crippen molar-refractivity contribution in [1.29, 1.82) is 0 Å². The van der Waals surface area contributed by atoms with Gasteiger partial charge in [-0.25, -0.2) is 8.78 Å². The topological polar surface area (TPSA) is 82.3 Å². The van der Waals surface area contributed by atoms with Crippen LogP contribution in [0, 0.1) is 17.0 Å². The lowest BCUT2D eigenvalue weighted by Gasteiger charge is -2.09. The summed E-state index contributed by atoms with van der Waals surface area (Å²) >= 11 is 0. The summed E-state index contributed by atoms with van der Waals surface area (Å²) in [6.07, 6.45) is -2.70. The number of nitrogens with zero attached hydrogens (tertiary/aromatic N) is 2. The van der Waals surface area contributed by atoms with Crippen LogP contribution in [0.25, 0.3) is 0 Å². The molecule has 0 bridgehead atoms. The second kappa shape index (κ2) is 5.48. The van der Waals surface area contributed by atoms with E-state index in [1.807, 2.05) is 0 Å². The maximum atomic E-state index is 12.7. The van der Waals surface area contributed by atoms with Crippen molar-refractivity contribution in [2.45, 2.75) is 19.8 Å². The maximum Gasteiger partial charge on any atom is 0.310 e. The monoisotopic (exact) mass is 260 g/mol. The number of alkyl halides is 2. The molecule has 0 N–H and O–H groups in total. The van der Waals surface area contributed by atoms with Crippen molar-refractivity contribution < 1.29 is 23.2 Å². The van der Waals surface area contributed by atoms with E-state index in [2.05, 4.69) is 9.72 Å². The van der Waals surface area contributed by atoms with Gasteiger partial charge in [0.1, 0.15) is 5.69 Å². The SMILES string of the molecule is COC(=O)Cc1c(C(F)F)cnc(C)c1[N+](=O)[O-]. The number of carbonyl (C=O) groups is 1. The molecule has 0 spiro atoms. The molecular formula is C10H10F2N2O4. The zero-order chi connectivity index (χ0) is 13.9. The van der Waals surface area contributed by atoms with Gasteiger partial charge in [0, 0.05) is 11.8 Å². The van der Waals surface area contributed by atoms with Gasteiger partial charge < -0.3 is 4.74 Å². The number of aryl methyl sites for hydroxylation is 1. The molecule has 0 amide bonds. The standard InChI is InChI=1S/C10H10F2N2O4/c1-5-9(14(16)17)6(3-8(15)18-2)7(4-13-5)10(11)12/h4,10H,3H2,1-2H3. The summed E-state index contributed by atoms with van der Waals surface area (Å²) in [5, 5.41) is 10.9. The first kappa shape index (κ1) is 13.9. The van der Waals surface area contributed by atoms with Crippen molar-refractivity contribution in [1.82, 2.24) is 4.98 Å². The molecule has 0 saturated heterocycles. The quantitative estimate of drug-likeness (QED) is 0.469. The fourth-order valence-electron chi connectivity index (χ4n) is 1.49. The van der Waals surface area contributed by atoms with Crippen molar-refractivity contribution >= 4 is 11.7 Å². The minimum atomic E-state index is -2.95. The van der Waals surface area contributed by atoms with Gasteiger partial charge in [0.2, 0.25) is 0 Å². The molecule has 0 fully saturated rings. The third-order valence-electron chi connectivity index (χ3n) is 2.34. The van der Waals surface area contributed by atoms with E-state index < -0.39 is 35.0 Å². The summed E-state index contributed by atoms with van der Waals surface area (Å²) in [5.41, 5.74) is -1.58. The summed E-state index contributed by atoms with van der Waals surface area (Å²) < 4.78 is 29.8. The maximum absolute atomic E-state index is 12.7. The molecule has 0 aromatic carbocycles. The minimum Gasteiger partial charge on any atom is -0.469 e. The first-order valence-electron chi connectivity index (χ1n) is 4.86. The molecule has 0 radical (unpaired) electrons. The van der Waals surface area contributed by atoms with Gasteiger partial charge in [-0.2, -0.15) is 0 Å². The predicted molar refractivity (Wildman–Crippen MR) is 56.3 cm³/mol. The summed E-state index contributed by atoms with van der Waals surface area (Å²) in [6, 6.07) is 0. The van der Waals surface area contributed by atoms with Crippen LogP contribution in [-0.2, 0) is 16.0 Å². The molecule has 0 unspecified atom stereocenters. The van der Waals surface area contributed by atoms with Crippen molar-refractivity contribution in [3.05, 3.63) is 33.1 Å². The smallest absolute Gasteiger partial charge is 0.310 e. The van der Waals surface area contributed by atoms with Crippen LogP contribution in [0.2, 0.25) is 0 Å². The summed E-state index contributed by atoms with van der Waals surface area (Å²) in [7, 11) is 1.07. The number of methoxy groups -OCH3 is 1. The van der Waals surface area contributed by atoms with E-state index in [4.69, 9.17) is 0 Å². The van der Waals surface area contributed by atoms with E-state index in [1.165, 1.54) is 6.92 Å². The largest absolute Gasteiger partial charge is 0.469 e. The van der Waals surface area contributed by atoms with Gasteiger partial charge in [0.25, 0.3) is 12.1 Å². The fourth-order valence-corrected chi connectivity index (χ4v) is 1.49. The highest BCUT2D eigenvalue weighted by Crippen LogP contribution is 2.31. The van der Waals surface area contributed by atoms with E-state index in [9.17, 15) is 23.7 Å². The van der Waals surface area contributed by atoms with Gasteiger partial charge in [-0.05, 0) is 6.92 Å². The number of pyridine rings is 1. The average molecular weight is 260 g/mol. The zero-order valence-electron chi connectivity index (χ0n) is 9.65. The third-order valence-corrected chi connectivity index (χ3v) is 2.34. The Hall–Kier alpha value is -2.12. The van der Waals surface area contributed by atoms with E-state index in [-0.39, 0.29) is 11.3 Å². The van der Waals surface area contributed by atoms with Crippen LogP contribution in [-0.4, -0.2) is 23.0 Å². The number of carbonyl (C=O) groups excluding carboxylic acids is 1. The molecule has 1 aromatic rings. The Balaban J connectivity index is 3.43. The van der Waals surface area contributed by atoms with Gasteiger partial charge in [-0.1, -0.05) is 0 Å². The Bertz CT molecular complexity index is 491. The highest BCUT2D eigenvalue weighted by atomic mass is 19.3. The Kier molecular flexibility index (Phi) is 4.24.